The van der Waals surface area contributed by atoms with Crippen LogP contribution in [0, 0.1) is 10.5 Å². The molecule has 2 rings (SSSR count). The molecule has 2 heterocycles. The van der Waals surface area contributed by atoms with Crippen molar-refractivity contribution in [1.29, 1.82) is 0 Å². The van der Waals surface area contributed by atoms with Crippen molar-refractivity contribution in [3.8, 4) is 10.7 Å². The van der Waals surface area contributed by atoms with E-state index in [2.05, 4.69) is 9.97 Å². The lowest BCUT2D eigenvalue weighted by Gasteiger charge is -2.02. The Labute approximate surface area is 115 Å². The molecule has 0 bridgehead atoms. The van der Waals surface area contributed by atoms with Crippen LogP contribution in [0.3, 0.4) is 0 Å². The van der Waals surface area contributed by atoms with E-state index in [1.807, 2.05) is 41.0 Å². The predicted molar refractivity (Wildman–Crippen MR) is 72.8 cm³/mol. The number of hydrogen-bond donors (Lipinski definition) is 0. The number of halogens is 3. The molecule has 2 aromatic heterocycles. The van der Waals surface area contributed by atoms with Crippen LogP contribution >= 0.6 is 57.1 Å². The maximum absolute atomic E-state index is 5.95. The fourth-order valence-corrected chi connectivity index (χ4v) is 2.59. The van der Waals surface area contributed by atoms with Gasteiger partial charge in [-0.15, -0.1) is 11.3 Å². The predicted octanol–water partition coefficient (Wildman–Crippen LogP) is 4.42. The summed E-state index contributed by atoms with van der Waals surface area (Å²) in [7, 11) is 0. The summed E-state index contributed by atoms with van der Waals surface area (Å²) in [5.74, 6) is 0.595. The molecule has 0 aliphatic rings. The van der Waals surface area contributed by atoms with Crippen LogP contribution in [0.1, 0.15) is 5.56 Å². The zero-order valence-corrected chi connectivity index (χ0v) is 12.1. The van der Waals surface area contributed by atoms with Gasteiger partial charge in [-0.2, -0.15) is 0 Å². The average Bonchev–Trinajstić information content (AvgIpc) is 2.60. The first-order valence-corrected chi connectivity index (χ1v) is 6.74. The standard InChI is InChI=1S/C9H5Cl2IN2S/c1-4-2-3-15-6(4)9-13-7(10)5(12)8(11)14-9/h2-3H,1H3. The Morgan fingerprint density at radius 1 is 1.27 bits per heavy atom. The van der Waals surface area contributed by atoms with E-state index in [1.54, 1.807) is 11.3 Å². The highest BCUT2D eigenvalue weighted by molar-refractivity contribution is 14.1. The molecule has 0 spiro atoms. The number of nitrogens with zero attached hydrogens (tertiary/aromatic N) is 2. The van der Waals surface area contributed by atoms with Crippen LogP contribution in [-0.2, 0) is 0 Å². The summed E-state index contributed by atoms with van der Waals surface area (Å²) in [6.45, 7) is 2.01. The van der Waals surface area contributed by atoms with Crippen LogP contribution in [0.25, 0.3) is 10.7 Å². The second-order valence-corrected chi connectivity index (χ2v) is 5.59. The third kappa shape index (κ3) is 2.27. The molecule has 0 radical (unpaired) electrons. The van der Waals surface area contributed by atoms with Crippen molar-refractivity contribution < 1.29 is 0 Å². The fraction of sp³-hybridized carbons (Fsp3) is 0.111. The van der Waals surface area contributed by atoms with Crippen LogP contribution in [0.5, 0.6) is 0 Å². The topological polar surface area (TPSA) is 25.8 Å². The number of rotatable bonds is 1. The van der Waals surface area contributed by atoms with Crippen molar-refractivity contribution in [2.45, 2.75) is 6.92 Å². The van der Waals surface area contributed by atoms with Crippen LogP contribution in [0.2, 0.25) is 10.3 Å². The molecular formula is C9H5Cl2IN2S. The van der Waals surface area contributed by atoms with Crippen molar-refractivity contribution in [3.63, 3.8) is 0 Å². The van der Waals surface area contributed by atoms with Crippen LogP contribution in [0.15, 0.2) is 11.4 Å². The van der Waals surface area contributed by atoms with Crippen molar-refractivity contribution in [2.75, 3.05) is 0 Å². The Kier molecular flexibility index (Phi) is 3.49. The van der Waals surface area contributed by atoms with Gasteiger partial charge in [0.25, 0.3) is 0 Å². The van der Waals surface area contributed by atoms with Gasteiger partial charge in [-0.3, -0.25) is 0 Å². The summed E-state index contributed by atoms with van der Waals surface area (Å²) in [4.78, 5) is 9.43. The van der Waals surface area contributed by atoms with Crippen molar-refractivity contribution in [2.24, 2.45) is 0 Å². The lowest BCUT2D eigenvalue weighted by atomic mass is 10.3. The van der Waals surface area contributed by atoms with Gasteiger partial charge in [0.15, 0.2) is 5.82 Å². The average molecular weight is 371 g/mol. The van der Waals surface area contributed by atoms with E-state index in [0.29, 0.717) is 19.7 Å². The Morgan fingerprint density at radius 3 is 2.33 bits per heavy atom. The van der Waals surface area contributed by atoms with E-state index >= 15 is 0 Å². The molecule has 0 aromatic carbocycles. The molecule has 0 unspecified atom stereocenters. The van der Waals surface area contributed by atoms with E-state index in [1.165, 1.54) is 0 Å². The minimum atomic E-state index is 0.401. The SMILES string of the molecule is Cc1ccsc1-c1nc(Cl)c(I)c(Cl)n1. The normalized spacial score (nSPS) is 10.7. The van der Waals surface area contributed by atoms with Crippen LogP contribution in [-0.4, -0.2) is 9.97 Å². The van der Waals surface area contributed by atoms with E-state index in [-0.39, 0.29) is 0 Å². The van der Waals surface area contributed by atoms with Gasteiger partial charge in [-0.25, -0.2) is 9.97 Å². The molecule has 0 atom stereocenters. The van der Waals surface area contributed by atoms with Gasteiger partial charge in [0.2, 0.25) is 0 Å². The first-order chi connectivity index (χ1) is 7.09. The number of hydrogen-bond acceptors (Lipinski definition) is 3. The minimum absolute atomic E-state index is 0.401. The fourth-order valence-electron chi connectivity index (χ4n) is 1.10. The smallest absolute Gasteiger partial charge is 0.172 e. The van der Waals surface area contributed by atoms with Gasteiger partial charge in [0.05, 0.1) is 8.45 Å². The van der Waals surface area contributed by atoms with E-state index in [9.17, 15) is 0 Å². The zero-order valence-electron chi connectivity index (χ0n) is 7.59. The first-order valence-electron chi connectivity index (χ1n) is 4.02. The summed E-state index contributed by atoms with van der Waals surface area (Å²) >= 11 is 15.5. The quantitative estimate of drug-likeness (QED) is 0.548. The van der Waals surface area contributed by atoms with E-state index in [0.717, 1.165) is 10.4 Å². The van der Waals surface area contributed by atoms with E-state index < -0.39 is 0 Å². The largest absolute Gasteiger partial charge is 0.214 e. The molecule has 0 aliphatic heterocycles. The Morgan fingerprint density at radius 2 is 1.87 bits per heavy atom. The number of aromatic nitrogens is 2. The Bertz CT molecular complexity index is 490. The second-order valence-electron chi connectivity index (χ2n) is 2.88. The maximum Gasteiger partial charge on any atom is 0.172 e. The molecule has 78 valence electrons. The zero-order chi connectivity index (χ0) is 11.0. The number of thiophene rings is 1. The lowest BCUT2D eigenvalue weighted by molar-refractivity contribution is 1.16. The molecule has 2 aromatic rings. The third-order valence-electron chi connectivity index (χ3n) is 1.84. The van der Waals surface area contributed by atoms with Gasteiger partial charge in [-0.1, -0.05) is 23.2 Å². The van der Waals surface area contributed by atoms with Crippen LogP contribution < -0.4 is 0 Å². The van der Waals surface area contributed by atoms with Crippen molar-refractivity contribution in [3.05, 3.63) is 30.9 Å². The monoisotopic (exact) mass is 370 g/mol. The first kappa shape index (κ1) is 11.6. The van der Waals surface area contributed by atoms with E-state index in [4.69, 9.17) is 23.2 Å². The molecule has 0 aliphatic carbocycles. The molecule has 0 saturated heterocycles. The highest BCUT2D eigenvalue weighted by atomic mass is 127. The van der Waals surface area contributed by atoms with Gasteiger partial charge < -0.3 is 0 Å². The highest BCUT2D eigenvalue weighted by Gasteiger charge is 2.12. The summed E-state index contributed by atoms with van der Waals surface area (Å²) in [6, 6.07) is 2.02. The molecule has 6 heteroatoms. The van der Waals surface area contributed by atoms with Crippen molar-refractivity contribution >= 4 is 57.1 Å². The molecule has 0 N–H and O–H groups in total. The molecule has 0 amide bonds. The van der Waals surface area contributed by atoms with Gasteiger partial charge >= 0.3 is 0 Å². The molecule has 2 nitrogen and oxygen atoms in total. The molecule has 0 fully saturated rings. The Hall–Kier alpha value is 0.0900. The molecular weight excluding hydrogens is 366 g/mol. The van der Waals surface area contributed by atoms with Crippen LogP contribution in [0.4, 0.5) is 0 Å². The summed E-state index contributed by atoms with van der Waals surface area (Å²) in [6.07, 6.45) is 0. The van der Waals surface area contributed by atoms with Gasteiger partial charge in [-0.05, 0) is 46.5 Å². The summed E-state index contributed by atoms with van der Waals surface area (Å²) in [5.41, 5.74) is 1.13. The van der Waals surface area contributed by atoms with Gasteiger partial charge in [0.1, 0.15) is 10.3 Å². The third-order valence-corrected chi connectivity index (χ3v) is 5.05. The van der Waals surface area contributed by atoms with Gasteiger partial charge in [0, 0.05) is 0 Å². The molecule has 15 heavy (non-hydrogen) atoms. The minimum Gasteiger partial charge on any atom is -0.214 e. The molecule has 0 saturated carbocycles. The highest BCUT2D eigenvalue weighted by Crippen LogP contribution is 2.30. The lowest BCUT2D eigenvalue weighted by Crippen LogP contribution is -1.93. The summed E-state index contributed by atoms with van der Waals surface area (Å²) < 4.78 is 0.689. The second kappa shape index (κ2) is 4.53. The number of aryl methyl sites for hydroxylation is 1. The van der Waals surface area contributed by atoms with Crippen molar-refractivity contribution in [1.82, 2.24) is 9.97 Å². The summed E-state index contributed by atoms with van der Waals surface area (Å²) in [5, 5.41) is 2.80. The maximum atomic E-state index is 5.95. The Balaban J connectivity index is 2.60.